The summed E-state index contributed by atoms with van der Waals surface area (Å²) in [5, 5.41) is 14.5. The van der Waals surface area contributed by atoms with E-state index >= 15 is 0 Å². The molecule has 0 radical (unpaired) electrons. The van der Waals surface area contributed by atoms with Gasteiger partial charge in [0.2, 0.25) is 5.91 Å². The van der Waals surface area contributed by atoms with Crippen LogP contribution in [-0.2, 0) is 9.59 Å². The van der Waals surface area contributed by atoms with Crippen LogP contribution in [0, 0.1) is 11.8 Å². The topological polar surface area (TPSA) is 116 Å². The van der Waals surface area contributed by atoms with Gasteiger partial charge in [-0.3, -0.25) is 19.8 Å². The van der Waals surface area contributed by atoms with E-state index in [4.69, 9.17) is 5.21 Å². The van der Waals surface area contributed by atoms with Gasteiger partial charge in [0.25, 0.3) is 5.91 Å². The van der Waals surface area contributed by atoms with Gasteiger partial charge in [-0.25, -0.2) is 10.5 Å². The third-order valence-corrected chi connectivity index (χ3v) is 3.81. The Hall–Kier alpha value is -2.48. The molecule has 0 saturated carbocycles. The first-order valence-corrected chi connectivity index (χ1v) is 8.25. The molecule has 8 heteroatoms. The monoisotopic (exact) mass is 349 g/mol. The molecule has 0 saturated heterocycles. The fraction of sp³-hybridized carbons (Fsp3) is 0.529. The van der Waals surface area contributed by atoms with Crippen LogP contribution in [0.3, 0.4) is 0 Å². The molecule has 0 aliphatic carbocycles. The fourth-order valence-corrected chi connectivity index (χ4v) is 1.87. The Labute approximate surface area is 148 Å². The highest BCUT2D eigenvalue weighted by Crippen LogP contribution is 2.12. The quantitative estimate of drug-likeness (QED) is 0.322. The summed E-state index contributed by atoms with van der Waals surface area (Å²) in [7, 11) is 0. The molecule has 0 aliphatic heterocycles. The van der Waals surface area contributed by atoms with Gasteiger partial charge in [-0.1, -0.05) is 27.7 Å². The number of hydroxylamine groups is 1. The summed E-state index contributed by atoms with van der Waals surface area (Å²) < 4.78 is 0. The molecule has 25 heavy (non-hydrogen) atoms. The molecular formula is C17H27N5O3. The standard InChI is InChI=1S/C17H27N5O3/c1-10(2)12(5)20-17(24)16(11(3)4)21-14-9-18-13(8-19-14)6-7-15(23)22-25/h6-12,16,25H,1-5H3,(H,19,21)(H,20,24)(H,22,23)/t12-,16+/m0/s1. The van der Waals surface area contributed by atoms with Gasteiger partial charge in [0, 0.05) is 12.1 Å². The smallest absolute Gasteiger partial charge is 0.267 e. The van der Waals surface area contributed by atoms with E-state index in [1.54, 1.807) is 0 Å². The SMILES string of the molecule is CC(C)[C@H](C)NC(=O)[C@H](Nc1cnc(C=CC(=O)NO)cn1)C(C)C. The van der Waals surface area contributed by atoms with Crippen LogP contribution in [0.15, 0.2) is 18.5 Å². The van der Waals surface area contributed by atoms with Crippen molar-refractivity contribution in [3.8, 4) is 0 Å². The van der Waals surface area contributed by atoms with Gasteiger partial charge in [0.1, 0.15) is 11.9 Å². The van der Waals surface area contributed by atoms with Crippen molar-refractivity contribution in [2.24, 2.45) is 11.8 Å². The lowest BCUT2D eigenvalue weighted by molar-refractivity contribution is -0.124. The number of carbonyl (C=O) groups is 2. The maximum atomic E-state index is 12.5. The zero-order chi connectivity index (χ0) is 19.0. The molecule has 1 aromatic heterocycles. The summed E-state index contributed by atoms with van der Waals surface area (Å²) in [5.41, 5.74) is 1.94. The largest absolute Gasteiger partial charge is 0.357 e. The third-order valence-electron chi connectivity index (χ3n) is 3.81. The molecule has 8 nitrogen and oxygen atoms in total. The number of nitrogens with zero attached hydrogens (tertiary/aromatic N) is 2. The maximum absolute atomic E-state index is 12.5. The second kappa shape index (κ2) is 9.73. The minimum Gasteiger partial charge on any atom is -0.357 e. The van der Waals surface area contributed by atoms with Crippen LogP contribution >= 0.6 is 0 Å². The zero-order valence-corrected chi connectivity index (χ0v) is 15.3. The van der Waals surface area contributed by atoms with Gasteiger partial charge in [-0.15, -0.1) is 0 Å². The number of anilines is 1. The van der Waals surface area contributed by atoms with Crippen molar-refractivity contribution in [3.63, 3.8) is 0 Å². The first-order chi connectivity index (χ1) is 11.7. The molecule has 0 spiro atoms. The van der Waals surface area contributed by atoms with E-state index in [0.717, 1.165) is 6.08 Å². The second-order valence-corrected chi connectivity index (χ2v) is 6.54. The minimum atomic E-state index is -0.653. The van der Waals surface area contributed by atoms with Crippen molar-refractivity contribution in [3.05, 3.63) is 24.2 Å². The molecule has 0 bridgehead atoms. The molecule has 1 heterocycles. The van der Waals surface area contributed by atoms with Crippen molar-refractivity contribution in [1.29, 1.82) is 0 Å². The predicted molar refractivity (Wildman–Crippen MR) is 95.7 cm³/mol. The van der Waals surface area contributed by atoms with E-state index in [2.05, 4.69) is 34.4 Å². The molecule has 4 N–H and O–H groups in total. The summed E-state index contributed by atoms with van der Waals surface area (Å²) in [6.07, 6.45) is 5.51. The number of carbonyl (C=O) groups excluding carboxylic acids is 2. The average molecular weight is 349 g/mol. The summed E-state index contributed by atoms with van der Waals surface area (Å²) in [6, 6.07) is -0.358. The Balaban J connectivity index is 2.77. The first-order valence-electron chi connectivity index (χ1n) is 8.25. The minimum absolute atomic E-state index is 0.0639. The summed E-state index contributed by atoms with van der Waals surface area (Å²) in [4.78, 5) is 31.8. The predicted octanol–water partition coefficient (Wildman–Crippen LogP) is 1.59. The summed E-state index contributed by atoms with van der Waals surface area (Å²) >= 11 is 0. The number of rotatable bonds is 8. The summed E-state index contributed by atoms with van der Waals surface area (Å²) in [5.74, 6) is 0.143. The highest BCUT2D eigenvalue weighted by Gasteiger charge is 2.24. The third kappa shape index (κ3) is 6.88. The van der Waals surface area contributed by atoms with Crippen molar-refractivity contribution >= 4 is 23.7 Å². The first kappa shape index (κ1) is 20.6. The molecule has 0 unspecified atom stereocenters. The van der Waals surface area contributed by atoms with Crippen LogP contribution in [0.25, 0.3) is 6.08 Å². The van der Waals surface area contributed by atoms with Gasteiger partial charge in [0.15, 0.2) is 0 Å². The Morgan fingerprint density at radius 2 is 1.76 bits per heavy atom. The van der Waals surface area contributed by atoms with Gasteiger partial charge in [-0.2, -0.15) is 0 Å². The lowest BCUT2D eigenvalue weighted by Crippen LogP contribution is -2.47. The van der Waals surface area contributed by atoms with Crippen LogP contribution < -0.4 is 16.1 Å². The molecule has 2 amide bonds. The number of amides is 2. The lowest BCUT2D eigenvalue weighted by Gasteiger charge is -2.25. The maximum Gasteiger partial charge on any atom is 0.267 e. The van der Waals surface area contributed by atoms with Crippen molar-refractivity contribution < 1.29 is 14.8 Å². The van der Waals surface area contributed by atoms with E-state index in [-0.39, 0.29) is 17.9 Å². The Morgan fingerprint density at radius 3 is 2.24 bits per heavy atom. The van der Waals surface area contributed by atoms with Gasteiger partial charge in [0.05, 0.1) is 18.1 Å². The molecule has 1 aromatic rings. The molecule has 0 aromatic carbocycles. The van der Waals surface area contributed by atoms with E-state index in [1.807, 2.05) is 20.8 Å². The van der Waals surface area contributed by atoms with Crippen molar-refractivity contribution in [2.75, 3.05) is 5.32 Å². The molecule has 2 atom stereocenters. The Bertz CT molecular complexity index is 599. The van der Waals surface area contributed by atoms with E-state index in [1.165, 1.54) is 23.9 Å². The number of hydrogen-bond acceptors (Lipinski definition) is 6. The average Bonchev–Trinajstić information content (AvgIpc) is 2.57. The van der Waals surface area contributed by atoms with Crippen molar-refractivity contribution in [1.82, 2.24) is 20.8 Å². The van der Waals surface area contributed by atoms with E-state index in [0.29, 0.717) is 17.4 Å². The highest BCUT2D eigenvalue weighted by atomic mass is 16.5. The van der Waals surface area contributed by atoms with Crippen LogP contribution in [-0.4, -0.2) is 39.1 Å². The highest BCUT2D eigenvalue weighted by molar-refractivity contribution is 5.90. The second-order valence-electron chi connectivity index (χ2n) is 6.54. The van der Waals surface area contributed by atoms with Crippen LogP contribution in [0.5, 0.6) is 0 Å². The Morgan fingerprint density at radius 1 is 1.08 bits per heavy atom. The van der Waals surface area contributed by atoms with Crippen LogP contribution in [0.1, 0.15) is 40.3 Å². The van der Waals surface area contributed by atoms with E-state index < -0.39 is 11.9 Å². The van der Waals surface area contributed by atoms with Crippen LogP contribution in [0.4, 0.5) is 5.82 Å². The van der Waals surface area contributed by atoms with E-state index in [9.17, 15) is 9.59 Å². The number of hydrogen-bond donors (Lipinski definition) is 4. The molecule has 0 aliphatic rings. The number of nitrogens with one attached hydrogen (secondary N) is 3. The lowest BCUT2D eigenvalue weighted by atomic mass is 10.0. The van der Waals surface area contributed by atoms with Gasteiger partial charge in [-0.05, 0) is 24.8 Å². The van der Waals surface area contributed by atoms with Gasteiger partial charge < -0.3 is 10.6 Å². The molecule has 1 rings (SSSR count). The van der Waals surface area contributed by atoms with Gasteiger partial charge >= 0.3 is 0 Å². The molecule has 138 valence electrons. The van der Waals surface area contributed by atoms with Crippen molar-refractivity contribution in [2.45, 2.75) is 46.7 Å². The summed E-state index contributed by atoms with van der Waals surface area (Å²) in [6.45, 7) is 9.99. The molecule has 0 fully saturated rings. The van der Waals surface area contributed by atoms with Crippen LogP contribution in [0.2, 0.25) is 0 Å². The normalized spacial score (nSPS) is 13.8. The molecular weight excluding hydrogens is 322 g/mol. The zero-order valence-electron chi connectivity index (χ0n) is 15.3. The fourth-order valence-electron chi connectivity index (χ4n) is 1.87. The Kier molecular flexibility index (Phi) is 8.00. The number of aromatic nitrogens is 2.